The van der Waals surface area contributed by atoms with Gasteiger partial charge in [-0.25, -0.2) is 4.98 Å². The van der Waals surface area contributed by atoms with Crippen LogP contribution in [0.5, 0.6) is 0 Å². The molecule has 1 N–H and O–H groups in total. The van der Waals surface area contributed by atoms with Gasteiger partial charge in [-0.15, -0.1) is 24.0 Å². The van der Waals surface area contributed by atoms with Crippen molar-refractivity contribution in [1.82, 2.24) is 19.6 Å². The van der Waals surface area contributed by atoms with Gasteiger partial charge >= 0.3 is 0 Å². The molecule has 0 bridgehead atoms. The number of nitrogens with zero attached hydrogens (tertiary/aromatic N) is 5. The van der Waals surface area contributed by atoms with E-state index in [1.54, 1.807) is 0 Å². The van der Waals surface area contributed by atoms with Crippen LogP contribution in [0, 0.1) is 0 Å². The van der Waals surface area contributed by atoms with Gasteiger partial charge in [0.25, 0.3) is 0 Å². The molecular formula is C13H25IN6S. The minimum absolute atomic E-state index is 0. The van der Waals surface area contributed by atoms with Gasteiger partial charge in [0.1, 0.15) is 5.82 Å². The molecule has 120 valence electrons. The van der Waals surface area contributed by atoms with E-state index in [0.717, 1.165) is 62.6 Å². The van der Waals surface area contributed by atoms with Gasteiger partial charge < -0.3 is 15.1 Å². The summed E-state index contributed by atoms with van der Waals surface area (Å²) in [5.74, 6) is 1.98. The van der Waals surface area contributed by atoms with Crippen molar-refractivity contribution in [2.75, 3.05) is 44.2 Å². The van der Waals surface area contributed by atoms with Crippen LogP contribution in [0.2, 0.25) is 0 Å². The second kappa shape index (κ2) is 9.39. The Balaban J connectivity index is 0.00000220. The Morgan fingerprint density at radius 3 is 2.48 bits per heavy atom. The van der Waals surface area contributed by atoms with Crippen molar-refractivity contribution in [3.63, 3.8) is 0 Å². The topological polar surface area (TPSA) is 56.7 Å². The maximum atomic E-state index is 4.56. The van der Waals surface area contributed by atoms with Crippen molar-refractivity contribution in [3.8, 4) is 0 Å². The largest absolute Gasteiger partial charge is 0.357 e. The minimum atomic E-state index is 0. The fourth-order valence-electron chi connectivity index (χ4n) is 2.20. The maximum Gasteiger partial charge on any atom is 0.205 e. The molecule has 1 aromatic rings. The molecule has 0 aromatic carbocycles. The smallest absolute Gasteiger partial charge is 0.205 e. The average Bonchev–Trinajstić information content (AvgIpc) is 2.96. The van der Waals surface area contributed by atoms with Crippen molar-refractivity contribution >= 4 is 46.6 Å². The van der Waals surface area contributed by atoms with Crippen LogP contribution >= 0.6 is 35.5 Å². The summed E-state index contributed by atoms with van der Waals surface area (Å²) in [6, 6.07) is 0. The Morgan fingerprint density at radius 1 is 1.24 bits per heavy atom. The Bertz CT molecular complexity index is 442. The zero-order valence-electron chi connectivity index (χ0n) is 13.0. The molecule has 1 aliphatic heterocycles. The number of halogens is 1. The highest BCUT2D eigenvalue weighted by Gasteiger charge is 2.21. The molecular weight excluding hydrogens is 399 g/mol. The van der Waals surface area contributed by atoms with E-state index in [4.69, 9.17) is 0 Å². The van der Waals surface area contributed by atoms with Crippen molar-refractivity contribution in [2.24, 2.45) is 4.99 Å². The van der Waals surface area contributed by atoms with E-state index in [-0.39, 0.29) is 24.0 Å². The van der Waals surface area contributed by atoms with Gasteiger partial charge in [-0.3, -0.25) is 4.99 Å². The molecule has 1 aliphatic rings. The second-order valence-electron chi connectivity index (χ2n) is 4.65. The quantitative estimate of drug-likeness (QED) is 0.454. The lowest BCUT2D eigenvalue weighted by atomic mass is 10.3. The number of aliphatic imine (C=N–C) groups is 1. The van der Waals surface area contributed by atoms with Gasteiger partial charge in [-0.05, 0) is 13.8 Å². The van der Waals surface area contributed by atoms with Crippen LogP contribution in [0.3, 0.4) is 0 Å². The fraction of sp³-hybridized carbons (Fsp3) is 0.769. The van der Waals surface area contributed by atoms with Gasteiger partial charge in [0.15, 0.2) is 5.96 Å². The lowest BCUT2D eigenvalue weighted by Crippen LogP contribution is -2.52. The number of hydrogen-bond acceptors (Lipinski definition) is 5. The number of aryl methyl sites for hydroxylation is 1. The number of nitrogens with one attached hydrogen (secondary N) is 1. The van der Waals surface area contributed by atoms with Crippen LogP contribution < -0.4 is 10.2 Å². The first-order valence-corrected chi connectivity index (χ1v) is 8.16. The first-order valence-electron chi connectivity index (χ1n) is 7.39. The van der Waals surface area contributed by atoms with Crippen molar-refractivity contribution in [1.29, 1.82) is 0 Å². The molecule has 2 rings (SSSR count). The molecule has 0 radical (unpaired) electrons. The summed E-state index contributed by atoms with van der Waals surface area (Å²) in [6.45, 7) is 11.9. The average molecular weight is 424 g/mol. The van der Waals surface area contributed by atoms with E-state index in [2.05, 4.69) is 50.2 Å². The minimum Gasteiger partial charge on any atom is -0.357 e. The summed E-state index contributed by atoms with van der Waals surface area (Å²) in [5, 5.41) is 4.41. The highest BCUT2D eigenvalue weighted by Crippen LogP contribution is 2.19. The Morgan fingerprint density at radius 2 is 1.95 bits per heavy atom. The van der Waals surface area contributed by atoms with E-state index in [1.807, 2.05) is 0 Å². The molecule has 21 heavy (non-hydrogen) atoms. The van der Waals surface area contributed by atoms with Crippen LogP contribution in [0.25, 0.3) is 0 Å². The molecule has 1 fully saturated rings. The molecule has 0 amide bonds. The molecule has 6 nitrogen and oxygen atoms in total. The maximum absolute atomic E-state index is 4.56. The van der Waals surface area contributed by atoms with Gasteiger partial charge in [0.2, 0.25) is 5.13 Å². The molecule has 1 saturated heterocycles. The van der Waals surface area contributed by atoms with Crippen molar-refractivity contribution in [2.45, 2.75) is 27.2 Å². The monoisotopic (exact) mass is 424 g/mol. The first-order chi connectivity index (χ1) is 9.78. The number of hydrogen-bond donors (Lipinski definition) is 1. The molecule has 2 heterocycles. The van der Waals surface area contributed by atoms with Crippen LogP contribution in [0.4, 0.5) is 5.13 Å². The zero-order chi connectivity index (χ0) is 14.4. The Labute approximate surface area is 148 Å². The summed E-state index contributed by atoms with van der Waals surface area (Å²) < 4.78 is 4.36. The Kier molecular flexibility index (Phi) is 8.23. The highest BCUT2D eigenvalue weighted by molar-refractivity contribution is 14.0. The van der Waals surface area contributed by atoms with Gasteiger partial charge in [0.05, 0.1) is 0 Å². The third kappa shape index (κ3) is 4.94. The van der Waals surface area contributed by atoms with E-state index in [1.165, 1.54) is 11.5 Å². The number of aromatic nitrogens is 2. The molecule has 0 spiro atoms. The van der Waals surface area contributed by atoms with Crippen molar-refractivity contribution in [3.05, 3.63) is 5.82 Å². The van der Waals surface area contributed by atoms with Crippen LogP contribution in [0.1, 0.15) is 26.6 Å². The predicted molar refractivity (Wildman–Crippen MR) is 100 cm³/mol. The van der Waals surface area contributed by atoms with Gasteiger partial charge in [-0.2, -0.15) is 4.37 Å². The van der Waals surface area contributed by atoms with E-state index < -0.39 is 0 Å². The summed E-state index contributed by atoms with van der Waals surface area (Å²) in [7, 11) is 0. The van der Waals surface area contributed by atoms with Crippen molar-refractivity contribution < 1.29 is 0 Å². The summed E-state index contributed by atoms with van der Waals surface area (Å²) >= 11 is 1.51. The second-order valence-corrected chi connectivity index (χ2v) is 5.38. The van der Waals surface area contributed by atoms with E-state index in [9.17, 15) is 0 Å². The first kappa shape index (κ1) is 18.4. The lowest BCUT2D eigenvalue weighted by Gasteiger charge is -2.36. The molecule has 0 atom stereocenters. The molecule has 1 aromatic heterocycles. The van der Waals surface area contributed by atoms with E-state index >= 15 is 0 Å². The highest BCUT2D eigenvalue weighted by atomic mass is 127. The number of guanidine groups is 1. The summed E-state index contributed by atoms with van der Waals surface area (Å²) in [5.41, 5.74) is 0. The van der Waals surface area contributed by atoms with Crippen LogP contribution in [0.15, 0.2) is 4.99 Å². The molecule has 8 heteroatoms. The van der Waals surface area contributed by atoms with Crippen LogP contribution in [-0.4, -0.2) is 59.5 Å². The van der Waals surface area contributed by atoms with Gasteiger partial charge in [0, 0.05) is 57.2 Å². The standard InChI is InChI=1S/C13H24N6S.HI/c1-4-11-16-13(20-17-11)19-9-7-18(8-10-19)12(14-5-2)15-6-3;/h4-10H2,1-3H3,(H,14,15);1H. The SMILES string of the molecule is CCN=C(NCC)N1CCN(c2nc(CC)ns2)CC1.I. The fourth-order valence-corrected chi connectivity index (χ4v) is 3.00. The molecule has 0 unspecified atom stereocenters. The molecule has 0 aliphatic carbocycles. The third-order valence-electron chi connectivity index (χ3n) is 3.27. The lowest BCUT2D eigenvalue weighted by molar-refractivity contribution is 0.372. The number of anilines is 1. The van der Waals surface area contributed by atoms with Gasteiger partial charge in [-0.1, -0.05) is 6.92 Å². The normalized spacial score (nSPS) is 15.9. The Hall–Kier alpha value is -0.640. The summed E-state index contributed by atoms with van der Waals surface area (Å²) in [6.07, 6.45) is 0.907. The predicted octanol–water partition coefficient (Wildman–Crippen LogP) is 1.83. The summed E-state index contributed by atoms with van der Waals surface area (Å²) in [4.78, 5) is 13.8. The number of rotatable bonds is 4. The zero-order valence-corrected chi connectivity index (χ0v) is 16.1. The van der Waals surface area contributed by atoms with Crippen LogP contribution in [-0.2, 0) is 6.42 Å². The molecule has 0 saturated carbocycles. The third-order valence-corrected chi connectivity index (χ3v) is 4.08. The van der Waals surface area contributed by atoms with E-state index in [0.29, 0.717) is 0 Å². The number of piperazine rings is 1.